The molecule has 0 radical (unpaired) electrons. The van der Waals surface area contributed by atoms with Crippen molar-refractivity contribution in [2.24, 2.45) is 0 Å². The molecule has 5 heteroatoms. The van der Waals surface area contributed by atoms with E-state index in [2.05, 4.69) is 26.2 Å². The van der Waals surface area contributed by atoms with Crippen molar-refractivity contribution in [1.82, 2.24) is 4.98 Å². The SMILES string of the molecule is CNc1nc(Cc2ccc(F)cc2)c(Br)s1. The molecule has 1 heterocycles. The van der Waals surface area contributed by atoms with Crippen molar-refractivity contribution in [2.75, 3.05) is 12.4 Å². The van der Waals surface area contributed by atoms with E-state index in [1.54, 1.807) is 23.5 Å². The Morgan fingerprint density at radius 1 is 1.38 bits per heavy atom. The fraction of sp³-hybridized carbons (Fsp3) is 0.182. The number of halogens is 2. The number of anilines is 1. The van der Waals surface area contributed by atoms with E-state index in [1.807, 2.05) is 7.05 Å². The standard InChI is InChI=1S/C11H10BrFN2S/c1-14-11-15-9(10(12)16-11)6-7-2-4-8(13)5-3-7/h2-5H,6H2,1H3,(H,14,15). The van der Waals surface area contributed by atoms with E-state index in [0.29, 0.717) is 6.42 Å². The summed E-state index contributed by atoms with van der Waals surface area (Å²) in [6, 6.07) is 6.49. The molecule has 0 saturated heterocycles. The van der Waals surface area contributed by atoms with Gasteiger partial charge in [0.25, 0.3) is 0 Å². The molecule has 1 aromatic heterocycles. The third kappa shape index (κ3) is 2.59. The lowest BCUT2D eigenvalue weighted by Crippen LogP contribution is -1.91. The van der Waals surface area contributed by atoms with Crippen molar-refractivity contribution >= 4 is 32.4 Å². The predicted molar refractivity (Wildman–Crippen MR) is 68.6 cm³/mol. The molecule has 2 nitrogen and oxygen atoms in total. The fourth-order valence-electron chi connectivity index (χ4n) is 1.34. The van der Waals surface area contributed by atoms with E-state index in [1.165, 1.54) is 12.1 Å². The lowest BCUT2D eigenvalue weighted by atomic mass is 10.1. The van der Waals surface area contributed by atoms with Crippen LogP contribution in [-0.4, -0.2) is 12.0 Å². The van der Waals surface area contributed by atoms with E-state index >= 15 is 0 Å². The number of nitrogens with zero attached hydrogens (tertiary/aromatic N) is 1. The Kier molecular flexibility index (Phi) is 3.56. The number of aromatic nitrogens is 1. The maximum atomic E-state index is 12.7. The average molecular weight is 301 g/mol. The summed E-state index contributed by atoms with van der Waals surface area (Å²) in [4.78, 5) is 4.41. The fourth-order valence-corrected chi connectivity index (χ4v) is 2.70. The molecule has 1 aromatic carbocycles. The zero-order valence-electron chi connectivity index (χ0n) is 8.63. The van der Waals surface area contributed by atoms with Gasteiger partial charge in [-0.25, -0.2) is 9.37 Å². The summed E-state index contributed by atoms with van der Waals surface area (Å²) in [6.45, 7) is 0. The van der Waals surface area contributed by atoms with E-state index in [4.69, 9.17) is 0 Å². The van der Waals surface area contributed by atoms with E-state index in [-0.39, 0.29) is 5.82 Å². The van der Waals surface area contributed by atoms with Crippen molar-refractivity contribution in [3.8, 4) is 0 Å². The van der Waals surface area contributed by atoms with Gasteiger partial charge >= 0.3 is 0 Å². The lowest BCUT2D eigenvalue weighted by Gasteiger charge is -1.98. The Morgan fingerprint density at radius 2 is 2.06 bits per heavy atom. The van der Waals surface area contributed by atoms with Crippen molar-refractivity contribution in [3.05, 3.63) is 45.1 Å². The summed E-state index contributed by atoms with van der Waals surface area (Å²) in [6.07, 6.45) is 0.707. The molecule has 0 saturated carbocycles. The summed E-state index contributed by atoms with van der Waals surface area (Å²) in [5.41, 5.74) is 2.02. The van der Waals surface area contributed by atoms with Gasteiger partial charge in [0.2, 0.25) is 0 Å². The van der Waals surface area contributed by atoms with Gasteiger partial charge in [-0.3, -0.25) is 0 Å². The van der Waals surface area contributed by atoms with E-state index in [0.717, 1.165) is 20.2 Å². The van der Waals surface area contributed by atoms with Gasteiger partial charge in [0.05, 0.1) is 9.48 Å². The van der Waals surface area contributed by atoms with Crippen LogP contribution in [0.2, 0.25) is 0 Å². The number of thiazole rings is 1. The maximum absolute atomic E-state index is 12.7. The van der Waals surface area contributed by atoms with Gasteiger partial charge in [0, 0.05) is 13.5 Å². The number of rotatable bonds is 3. The van der Waals surface area contributed by atoms with Crippen molar-refractivity contribution in [1.29, 1.82) is 0 Å². The van der Waals surface area contributed by atoms with Crippen LogP contribution < -0.4 is 5.32 Å². The summed E-state index contributed by atoms with van der Waals surface area (Å²) in [5, 5.41) is 3.88. The molecule has 16 heavy (non-hydrogen) atoms. The van der Waals surface area contributed by atoms with Crippen LogP contribution in [-0.2, 0) is 6.42 Å². The molecule has 0 unspecified atom stereocenters. The molecule has 2 rings (SSSR count). The minimum absolute atomic E-state index is 0.211. The molecule has 2 aromatic rings. The molecule has 0 amide bonds. The smallest absolute Gasteiger partial charge is 0.183 e. The zero-order chi connectivity index (χ0) is 11.5. The summed E-state index contributed by atoms with van der Waals surface area (Å²) in [7, 11) is 1.84. The minimum atomic E-state index is -0.211. The van der Waals surface area contributed by atoms with Crippen LogP contribution in [0.5, 0.6) is 0 Å². The van der Waals surface area contributed by atoms with Gasteiger partial charge in [-0.2, -0.15) is 0 Å². The highest BCUT2D eigenvalue weighted by Gasteiger charge is 2.08. The molecule has 0 aliphatic heterocycles. The van der Waals surface area contributed by atoms with Gasteiger partial charge in [0.1, 0.15) is 5.82 Å². The highest BCUT2D eigenvalue weighted by atomic mass is 79.9. The normalized spacial score (nSPS) is 10.4. The van der Waals surface area contributed by atoms with E-state index < -0.39 is 0 Å². The number of hydrogen-bond donors (Lipinski definition) is 1. The Labute approximate surface area is 106 Å². The molecule has 1 N–H and O–H groups in total. The highest BCUT2D eigenvalue weighted by Crippen LogP contribution is 2.29. The van der Waals surface area contributed by atoms with Crippen LogP contribution in [0.4, 0.5) is 9.52 Å². The molecule has 0 fully saturated rings. The molecule has 0 spiro atoms. The quantitative estimate of drug-likeness (QED) is 0.935. The van der Waals surface area contributed by atoms with Gasteiger partial charge in [-0.1, -0.05) is 23.5 Å². The second-order valence-corrected chi connectivity index (χ2v) is 5.61. The molecule has 0 atom stereocenters. The van der Waals surface area contributed by atoms with Gasteiger partial charge in [0.15, 0.2) is 5.13 Å². The van der Waals surface area contributed by atoms with Crippen molar-refractivity contribution in [3.63, 3.8) is 0 Å². The van der Waals surface area contributed by atoms with Crippen LogP contribution in [0.25, 0.3) is 0 Å². The highest BCUT2D eigenvalue weighted by molar-refractivity contribution is 9.11. The first-order valence-corrected chi connectivity index (χ1v) is 6.37. The largest absolute Gasteiger partial charge is 0.365 e. The first kappa shape index (κ1) is 11.5. The van der Waals surface area contributed by atoms with Crippen LogP contribution in [0.3, 0.4) is 0 Å². The Morgan fingerprint density at radius 3 is 2.62 bits per heavy atom. The first-order chi connectivity index (χ1) is 7.69. The van der Waals surface area contributed by atoms with Crippen LogP contribution >= 0.6 is 27.3 Å². The monoisotopic (exact) mass is 300 g/mol. The molecule has 0 aliphatic carbocycles. The number of hydrogen-bond acceptors (Lipinski definition) is 3. The molecule has 0 bridgehead atoms. The Bertz CT molecular complexity index is 481. The second kappa shape index (κ2) is 4.93. The third-order valence-corrected chi connectivity index (χ3v) is 4.00. The van der Waals surface area contributed by atoms with Crippen molar-refractivity contribution < 1.29 is 4.39 Å². The van der Waals surface area contributed by atoms with Crippen molar-refractivity contribution in [2.45, 2.75) is 6.42 Å². The van der Waals surface area contributed by atoms with Crippen LogP contribution in [0, 0.1) is 5.82 Å². The lowest BCUT2D eigenvalue weighted by molar-refractivity contribution is 0.627. The van der Waals surface area contributed by atoms with E-state index in [9.17, 15) is 4.39 Å². The zero-order valence-corrected chi connectivity index (χ0v) is 11.0. The summed E-state index contributed by atoms with van der Waals surface area (Å²) < 4.78 is 13.7. The van der Waals surface area contributed by atoms with Gasteiger partial charge in [-0.05, 0) is 33.6 Å². The van der Waals surface area contributed by atoms with Crippen LogP contribution in [0.15, 0.2) is 28.1 Å². The molecule has 84 valence electrons. The van der Waals surface area contributed by atoms with Gasteiger partial charge in [-0.15, -0.1) is 0 Å². The maximum Gasteiger partial charge on any atom is 0.183 e. The predicted octanol–water partition coefficient (Wildman–Crippen LogP) is 3.68. The third-order valence-electron chi connectivity index (χ3n) is 2.15. The minimum Gasteiger partial charge on any atom is -0.365 e. The average Bonchev–Trinajstić information content (AvgIpc) is 2.63. The summed E-state index contributed by atoms with van der Waals surface area (Å²) in [5.74, 6) is -0.211. The number of nitrogens with one attached hydrogen (secondary N) is 1. The molecular formula is C11H10BrFN2S. The first-order valence-electron chi connectivity index (χ1n) is 4.76. The molecule has 0 aliphatic rings. The Balaban J connectivity index is 2.19. The van der Waals surface area contributed by atoms with Crippen LogP contribution in [0.1, 0.15) is 11.3 Å². The second-order valence-electron chi connectivity index (χ2n) is 3.29. The topological polar surface area (TPSA) is 24.9 Å². The van der Waals surface area contributed by atoms with Gasteiger partial charge < -0.3 is 5.32 Å². The number of benzene rings is 1. The Hall–Kier alpha value is -0.940. The molecular weight excluding hydrogens is 291 g/mol. The summed E-state index contributed by atoms with van der Waals surface area (Å²) >= 11 is 5.03.